The Hall–Kier alpha value is -2.06. The quantitative estimate of drug-likeness (QED) is 0.465. The van der Waals surface area contributed by atoms with Gasteiger partial charge in [-0.1, -0.05) is 11.6 Å². The van der Waals surface area contributed by atoms with E-state index in [9.17, 15) is 9.59 Å². The molecular weight excluding hydrogens is 354 g/mol. The number of carbonyl (C=O) groups excluding carboxylic acids is 1. The van der Waals surface area contributed by atoms with Crippen molar-refractivity contribution in [2.75, 3.05) is 18.4 Å². The van der Waals surface area contributed by atoms with Gasteiger partial charge in [0.15, 0.2) is 5.11 Å². The van der Waals surface area contributed by atoms with Crippen molar-refractivity contribution in [3.8, 4) is 0 Å². The minimum absolute atomic E-state index is 0.0175. The second kappa shape index (κ2) is 8.70. The summed E-state index contributed by atoms with van der Waals surface area (Å²) in [4.78, 5) is 22.5. The molecule has 0 aliphatic rings. The number of benzene rings is 1. The minimum Gasteiger partial charge on any atom is -0.478 e. The van der Waals surface area contributed by atoms with Crippen LogP contribution in [0.15, 0.2) is 18.2 Å². The summed E-state index contributed by atoms with van der Waals surface area (Å²) in [7, 11) is 0. The lowest BCUT2D eigenvalue weighted by Crippen LogP contribution is -2.39. The minimum atomic E-state index is -1.12. The molecule has 0 saturated carbocycles. The van der Waals surface area contributed by atoms with E-state index in [4.69, 9.17) is 33.7 Å². The lowest BCUT2D eigenvalue weighted by atomic mass is 10.2. The molecule has 0 saturated heterocycles. The van der Waals surface area contributed by atoms with E-state index < -0.39 is 17.7 Å². The van der Waals surface area contributed by atoms with E-state index in [-0.39, 0.29) is 10.6 Å². The van der Waals surface area contributed by atoms with Crippen LogP contribution in [0.1, 0.15) is 31.1 Å². The Morgan fingerprint density at radius 2 is 1.88 bits per heavy atom. The zero-order valence-corrected chi connectivity index (χ0v) is 15.2. The Bertz CT molecular complexity index is 632. The number of halogens is 1. The number of alkyl carbamates (subject to hydrolysis) is 1. The maximum absolute atomic E-state index is 11.4. The van der Waals surface area contributed by atoms with Gasteiger partial charge in [0.25, 0.3) is 0 Å². The van der Waals surface area contributed by atoms with Crippen LogP contribution < -0.4 is 16.0 Å². The molecule has 0 spiro atoms. The summed E-state index contributed by atoms with van der Waals surface area (Å²) in [5.41, 5.74) is -0.0735. The van der Waals surface area contributed by atoms with E-state index >= 15 is 0 Å². The molecule has 0 unspecified atom stereocenters. The van der Waals surface area contributed by atoms with Crippen LogP contribution in [0.4, 0.5) is 10.5 Å². The number of carbonyl (C=O) groups is 2. The van der Waals surface area contributed by atoms with E-state index in [2.05, 4.69) is 16.0 Å². The summed E-state index contributed by atoms with van der Waals surface area (Å²) in [6.45, 7) is 6.03. The van der Waals surface area contributed by atoms with Crippen LogP contribution in [0.3, 0.4) is 0 Å². The smallest absolute Gasteiger partial charge is 0.407 e. The average molecular weight is 374 g/mol. The first-order chi connectivity index (χ1) is 11.1. The topological polar surface area (TPSA) is 99.7 Å². The van der Waals surface area contributed by atoms with Crippen molar-refractivity contribution in [1.29, 1.82) is 0 Å². The van der Waals surface area contributed by atoms with Gasteiger partial charge in [-0.15, -0.1) is 0 Å². The zero-order valence-electron chi connectivity index (χ0n) is 13.6. The van der Waals surface area contributed by atoms with Gasteiger partial charge in [0.2, 0.25) is 0 Å². The number of aromatic carboxylic acids is 1. The van der Waals surface area contributed by atoms with Crippen LogP contribution in [0.25, 0.3) is 0 Å². The number of thiocarbonyl (C=S) groups is 1. The van der Waals surface area contributed by atoms with E-state index in [1.165, 1.54) is 12.1 Å². The molecule has 1 aromatic carbocycles. The highest BCUT2D eigenvalue weighted by molar-refractivity contribution is 7.80. The summed E-state index contributed by atoms with van der Waals surface area (Å²) in [5, 5.41) is 17.8. The largest absolute Gasteiger partial charge is 0.478 e. The molecule has 4 N–H and O–H groups in total. The first kappa shape index (κ1) is 20.0. The van der Waals surface area contributed by atoms with Gasteiger partial charge in [0.1, 0.15) is 5.60 Å². The van der Waals surface area contributed by atoms with E-state index in [0.717, 1.165) is 0 Å². The Morgan fingerprint density at radius 1 is 1.25 bits per heavy atom. The third-order valence-corrected chi connectivity index (χ3v) is 3.11. The van der Waals surface area contributed by atoms with Crippen molar-refractivity contribution in [3.05, 3.63) is 28.8 Å². The maximum Gasteiger partial charge on any atom is 0.407 e. The van der Waals surface area contributed by atoms with Crippen LogP contribution >= 0.6 is 23.8 Å². The number of hydrogen-bond donors (Lipinski definition) is 4. The number of hydrogen-bond acceptors (Lipinski definition) is 4. The fourth-order valence-corrected chi connectivity index (χ4v) is 2.02. The number of ether oxygens (including phenoxy) is 1. The Balaban J connectivity index is 2.38. The zero-order chi connectivity index (χ0) is 18.3. The van der Waals surface area contributed by atoms with Crippen LogP contribution in [0.2, 0.25) is 5.02 Å². The van der Waals surface area contributed by atoms with Crippen LogP contribution in [0.5, 0.6) is 0 Å². The molecule has 0 radical (unpaired) electrons. The van der Waals surface area contributed by atoms with Crippen molar-refractivity contribution in [2.45, 2.75) is 26.4 Å². The molecule has 1 amide bonds. The second-order valence-electron chi connectivity index (χ2n) is 5.81. The molecule has 24 heavy (non-hydrogen) atoms. The predicted molar refractivity (Wildman–Crippen MR) is 96.9 cm³/mol. The Labute approximate surface area is 150 Å². The highest BCUT2D eigenvalue weighted by atomic mass is 35.5. The summed E-state index contributed by atoms with van der Waals surface area (Å²) in [6, 6.07) is 4.47. The molecule has 7 nitrogen and oxygen atoms in total. The van der Waals surface area contributed by atoms with Crippen molar-refractivity contribution in [3.63, 3.8) is 0 Å². The molecule has 1 rings (SSSR count). The average Bonchev–Trinajstić information content (AvgIpc) is 2.43. The second-order valence-corrected chi connectivity index (χ2v) is 6.62. The molecule has 1 aromatic rings. The number of nitrogens with one attached hydrogen (secondary N) is 3. The molecule has 0 aliphatic carbocycles. The Kier molecular flexibility index (Phi) is 7.24. The van der Waals surface area contributed by atoms with Crippen molar-refractivity contribution < 1.29 is 19.4 Å². The van der Waals surface area contributed by atoms with Gasteiger partial charge in [-0.25, -0.2) is 9.59 Å². The highest BCUT2D eigenvalue weighted by Crippen LogP contribution is 2.20. The SMILES string of the molecule is CC(C)(C)OC(=O)NCCNC(=S)Nc1ccc(Cl)c(C(=O)O)c1. The number of rotatable bonds is 5. The predicted octanol–water partition coefficient (Wildman–Crippen LogP) is 2.85. The molecule has 132 valence electrons. The van der Waals surface area contributed by atoms with Crippen LogP contribution in [-0.2, 0) is 4.74 Å². The third-order valence-electron chi connectivity index (χ3n) is 2.53. The van der Waals surface area contributed by atoms with E-state index in [0.29, 0.717) is 23.9 Å². The lowest BCUT2D eigenvalue weighted by molar-refractivity contribution is 0.0528. The molecule has 0 bridgehead atoms. The fourth-order valence-electron chi connectivity index (χ4n) is 1.60. The molecule has 9 heteroatoms. The van der Waals surface area contributed by atoms with Gasteiger partial charge >= 0.3 is 12.1 Å². The molecule has 0 aliphatic heterocycles. The van der Waals surface area contributed by atoms with Gasteiger partial charge in [0, 0.05) is 18.8 Å². The van der Waals surface area contributed by atoms with E-state index in [1.54, 1.807) is 26.8 Å². The lowest BCUT2D eigenvalue weighted by Gasteiger charge is -2.19. The van der Waals surface area contributed by atoms with Crippen molar-refractivity contribution >= 4 is 46.7 Å². The standard InChI is InChI=1S/C15H20ClN3O4S/c1-15(2,3)23-14(22)18-7-6-17-13(24)19-9-4-5-11(16)10(8-9)12(20)21/h4-5,8H,6-7H2,1-3H3,(H,18,22)(H,20,21)(H2,17,19,24). The summed E-state index contributed by atoms with van der Waals surface area (Å²) >= 11 is 10.9. The number of amides is 1. The normalized spacial score (nSPS) is 10.7. The molecule has 0 atom stereocenters. The van der Waals surface area contributed by atoms with Gasteiger partial charge in [-0.2, -0.15) is 0 Å². The Morgan fingerprint density at radius 3 is 2.46 bits per heavy atom. The monoisotopic (exact) mass is 373 g/mol. The van der Waals surface area contributed by atoms with Crippen LogP contribution in [0, 0.1) is 0 Å². The summed E-state index contributed by atoms with van der Waals surface area (Å²) in [6.07, 6.45) is -0.507. The first-order valence-corrected chi connectivity index (χ1v) is 7.91. The number of carboxylic acid groups (broad SMARTS) is 1. The van der Waals surface area contributed by atoms with Crippen LogP contribution in [-0.4, -0.2) is 41.0 Å². The number of anilines is 1. The third kappa shape index (κ3) is 7.47. The molecular formula is C15H20ClN3O4S. The van der Waals surface area contributed by atoms with Crippen molar-refractivity contribution in [2.24, 2.45) is 0 Å². The van der Waals surface area contributed by atoms with Gasteiger partial charge in [-0.3, -0.25) is 0 Å². The molecule has 0 fully saturated rings. The number of carboxylic acids is 1. The summed E-state index contributed by atoms with van der Waals surface area (Å²) < 4.78 is 5.09. The highest BCUT2D eigenvalue weighted by Gasteiger charge is 2.15. The van der Waals surface area contributed by atoms with Gasteiger partial charge < -0.3 is 25.8 Å². The van der Waals surface area contributed by atoms with Gasteiger partial charge in [0.05, 0.1) is 10.6 Å². The van der Waals surface area contributed by atoms with E-state index in [1.807, 2.05) is 0 Å². The van der Waals surface area contributed by atoms with Crippen molar-refractivity contribution in [1.82, 2.24) is 10.6 Å². The molecule has 0 aromatic heterocycles. The maximum atomic E-state index is 11.4. The van der Waals surface area contributed by atoms with Gasteiger partial charge in [-0.05, 0) is 51.2 Å². The fraction of sp³-hybridized carbons (Fsp3) is 0.400. The first-order valence-electron chi connectivity index (χ1n) is 7.13. The molecule has 0 heterocycles. The summed E-state index contributed by atoms with van der Waals surface area (Å²) in [5.74, 6) is -1.12.